The van der Waals surface area contributed by atoms with Crippen LogP contribution in [0, 0.1) is 5.92 Å². The van der Waals surface area contributed by atoms with Gasteiger partial charge in [0.15, 0.2) is 0 Å². The van der Waals surface area contributed by atoms with Gasteiger partial charge in [-0.2, -0.15) is 0 Å². The fourth-order valence-electron chi connectivity index (χ4n) is 3.68. The lowest BCUT2D eigenvalue weighted by Crippen LogP contribution is -2.27. The van der Waals surface area contributed by atoms with Gasteiger partial charge in [-0.1, -0.05) is 42.5 Å². The van der Waals surface area contributed by atoms with E-state index in [1.807, 2.05) is 36.6 Å². The molecule has 3 rings (SSSR count). The van der Waals surface area contributed by atoms with Gasteiger partial charge in [0.25, 0.3) is 0 Å². The highest BCUT2D eigenvalue weighted by Gasteiger charge is 2.32. The van der Waals surface area contributed by atoms with Gasteiger partial charge < -0.3 is 16.0 Å². The molecule has 1 aliphatic heterocycles. The van der Waals surface area contributed by atoms with Gasteiger partial charge in [-0.25, -0.2) is 0 Å². The predicted octanol–water partition coefficient (Wildman–Crippen LogP) is 3.41. The molecule has 1 saturated heterocycles. The highest BCUT2D eigenvalue weighted by Crippen LogP contribution is 2.32. The van der Waals surface area contributed by atoms with Crippen LogP contribution in [0.5, 0.6) is 0 Å². The zero-order chi connectivity index (χ0) is 18.4. The maximum Gasteiger partial charge on any atom is 0.225 e. The number of anilines is 1. The number of likely N-dealkylation sites (tertiary alicyclic amines) is 1. The summed E-state index contributed by atoms with van der Waals surface area (Å²) in [5, 5.41) is 3.04. The van der Waals surface area contributed by atoms with Crippen molar-refractivity contribution in [1.29, 1.82) is 0 Å². The molecule has 5 heteroatoms. The van der Waals surface area contributed by atoms with E-state index in [4.69, 9.17) is 5.73 Å². The second-order valence-corrected chi connectivity index (χ2v) is 7.62. The van der Waals surface area contributed by atoms with E-state index in [-0.39, 0.29) is 5.91 Å². The van der Waals surface area contributed by atoms with E-state index in [0.29, 0.717) is 24.8 Å². The zero-order valence-corrected chi connectivity index (χ0v) is 16.0. The third-order valence-electron chi connectivity index (χ3n) is 5.08. The SMILES string of the molecule is CSc1ccccc1NC(=O)CCN1C[C@@H](CN)[C@H](c2ccccc2)C1. The molecule has 138 valence electrons. The average Bonchev–Trinajstić information content (AvgIpc) is 3.11. The Balaban J connectivity index is 1.54. The van der Waals surface area contributed by atoms with Gasteiger partial charge in [0.2, 0.25) is 5.91 Å². The molecule has 2 aromatic rings. The fourth-order valence-corrected chi connectivity index (χ4v) is 4.23. The number of nitrogens with one attached hydrogen (secondary N) is 1. The van der Waals surface area contributed by atoms with E-state index in [9.17, 15) is 4.79 Å². The van der Waals surface area contributed by atoms with Crippen molar-refractivity contribution in [3.63, 3.8) is 0 Å². The number of thioether (sulfide) groups is 1. The molecule has 4 nitrogen and oxygen atoms in total. The predicted molar refractivity (Wildman–Crippen MR) is 110 cm³/mol. The van der Waals surface area contributed by atoms with E-state index < -0.39 is 0 Å². The largest absolute Gasteiger partial charge is 0.330 e. The van der Waals surface area contributed by atoms with Crippen molar-refractivity contribution in [1.82, 2.24) is 4.90 Å². The van der Waals surface area contributed by atoms with Crippen LogP contribution in [0.1, 0.15) is 17.9 Å². The Labute approximate surface area is 160 Å². The lowest BCUT2D eigenvalue weighted by atomic mass is 9.89. The Kier molecular flexibility index (Phi) is 6.72. The minimum absolute atomic E-state index is 0.0685. The third kappa shape index (κ3) is 4.67. The molecule has 1 aliphatic rings. The lowest BCUT2D eigenvalue weighted by Gasteiger charge is -2.17. The molecular weight excluding hydrogens is 342 g/mol. The van der Waals surface area contributed by atoms with Crippen LogP contribution in [-0.2, 0) is 4.79 Å². The van der Waals surface area contributed by atoms with E-state index in [1.165, 1.54) is 5.56 Å². The molecule has 1 heterocycles. The van der Waals surface area contributed by atoms with E-state index in [2.05, 4.69) is 34.5 Å². The van der Waals surface area contributed by atoms with E-state index in [1.54, 1.807) is 11.8 Å². The molecule has 2 atom stereocenters. The van der Waals surface area contributed by atoms with Crippen molar-refractivity contribution in [2.24, 2.45) is 11.7 Å². The summed E-state index contributed by atoms with van der Waals surface area (Å²) in [6.45, 7) is 3.39. The van der Waals surface area contributed by atoms with Crippen LogP contribution in [0.4, 0.5) is 5.69 Å². The van der Waals surface area contributed by atoms with Crippen molar-refractivity contribution >= 4 is 23.4 Å². The van der Waals surface area contributed by atoms with Crippen molar-refractivity contribution in [2.45, 2.75) is 17.2 Å². The summed E-state index contributed by atoms with van der Waals surface area (Å²) in [6, 6.07) is 18.5. The summed E-state index contributed by atoms with van der Waals surface area (Å²) < 4.78 is 0. The smallest absolute Gasteiger partial charge is 0.225 e. The molecule has 0 saturated carbocycles. The van der Waals surface area contributed by atoms with Crippen LogP contribution in [0.2, 0.25) is 0 Å². The number of carbonyl (C=O) groups excluding carboxylic acids is 1. The first-order valence-corrected chi connectivity index (χ1v) is 10.3. The van der Waals surface area contributed by atoms with Crippen LogP contribution in [0.25, 0.3) is 0 Å². The topological polar surface area (TPSA) is 58.4 Å². The number of nitrogens with two attached hydrogens (primary N) is 1. The number of nitrogens with zero attached hydrogens (tertiary/aromatic N) is 1. The Hall–Kier alpha value is -1.82. The number of rotatable bonds is 7. The summed E-state index contributed by atoms with van der Waals surface area (Å²) >= 11 is 1.64. The van der Waals surface area contributed by atoms with Gasteiger partial charge in [0.05, 0.1) is 5.69 Å². The maximum absolute atomic E-state index is 12.4. The number of para-hydroxylation sites is 1. The molecule has 2 aromatic carbocycles. The van der Waals surface area contributed by atoms with Crippen molar-refractivity contribution in [3.8, 4) is 0 Å². The highest BCUT2D eigenvalue weighted by atomic mass is 32.2. The Bertz CT molecular complexity index is 722. The molecular formula is C21H27N3OS. The normalized spacial score (nSPS) is 20.2. The fraction of sp³-hybridized carbons (Fsp3) is 0.381. The second kappa shape index (κ2) is 9.21. The summed E-state index contributed by atoms with van der Waals surface area (Å²) in [5.41, 5.74) is 8.25. The average molecular weight is 370 g/mol. The van der Waals surface area contributed by atoms with Crippen molar-refractivity contribution in [3.05, 3.63) is 60.2 Å². The molecule has 0 bridgehead atoms. The third-order valence-corrected chi connectivity index (χ3v) is 5.88. The number of carbonyl (C=O) groups is 1. The lowest BCUT2D eigenvalue weighted by molar-refractivity contribution is -0.116. The standard InChI is InChI=1S/C21H27N3OS/c1-26-20-10-6-5-9-19(20)23-21(25)11-12-24-14-17(13-22)18(15-24)16-7-3-2-4-8-16/h2-10,17-18H,11-15,22H2,1H3,(H,23,25)/t17-,18+/m1/s1. The van der Waals surface area contributed by atoms with Crippen LogP contribution >= 0.6 is 11.8 Å². The van der Waals surface area contributed by atoms with E-state index in [0.717, 1.165) is 30.2 Å². The Morgan fingerprint density at radius 3 is 2.62 bits per heavy atom. The maximum atomic E-state index is 12.4. The molecule has 0 radical (unpaired) electrons. The summed E-state index contributed by atoms with van der Waals surface area (Å²) in [5.74, 6) is 0.984. The molecule has 0 aliphatic carbocycles. The van der Waals surface area contributed by atoms with Gasteiger partial charge in [0, 0.05) is 36.9 Å². The minimum Gasteiger partial charge on any atom is -0.330 e. The first-order valence-electron chi connectivity index (χ1n) is 9.11. The number of hydrogen-bond acceptors (Lipinski definition) is 4. The highest BCUT2D eigenvalue weighted by molar-refractivity contribution is 7.98. The number of benzene rings is 2. The van der Waals surface area contributed by atoms with Gasteiger partial charge in [-0.05, 0) is 36.4 Å². The van der Waals surface area contributed by atoms with Crippen molar-refractivity contribution in [2.75, 3.05) is 37.8 Å². The Morgan fingerprint density at radius 1 is 1.15 bits per heavy atom. The minimum atomic E-state index is 0.0685. The summed E-state index contributed by atoms with van der Waals surface area (Å²) in [4.78, 5) is 15.8. The van der Waals surface area contributed by atoms with Crippen molar-refractivity contribution < 1.29 is 4.79 Å². The van der Waals surface area contributed by atoms with Crippen LogP contribution in [0.3, 0.4) is 0 Å². The van der Waals surface area contributed by atoms with Gasteiger partial charge in [-0.3, -0.25) is 4.79 Å². The first-order chi connectivity index (χ1) is 12.7. The molecule has 26 heavy (non-hydrogen) atoms. The monoisotopic (exact) mass is 369 g/mol. The van der Waals surface area contributed by atoms with Crippen LogP contribution in [-0.4, -0.2) is 43.2 Å². The van der Waals surface area contributed by atoms with Gasteiger partial charge in [0.1, 0.15) is 0 Å². The second-order valence-electron chi connectivity index (χ2n) is 6.77. The zero-order valence-electron chi connectivity index (χ0n) is 15.2. The first kappa shape index (κ1) is 19.0. The van der Waals surface area contributed by atoms with E-state index >= 15 is 0 Å². The Morgan fingerprint density at radius 2 is 1.88 bits per heavy atom. The quantitative estimate of drug-likeness (QED) is 0.735. The van der Waals surface area contributed by atoms with Gasteiger partial charge in [-0.15, -0.1) is 11.8 Å². The molecule has 0 unspecified atom stereocenters. The summed E-state index contributed by atoms with van der Waals surface area (Å²) in [7, 11) is 0. The molecule has 0 spiro atoms. The van der Waals surface area contributed by atoms with Crippen LogP contribution < -0.4 is 11.1 Å². The molecule has 1 fully saturated rings. The summed E-state index contributed by atoms with van der Waals surface area (Å²) in [6.07, 6.45) is 2.52. The van der Waals surface area contributed by atoms with Gasteiger partial charge >= 0.3 is 0 Å². The molecule has 0 aromatic heterocycles. The van der Waals surface area contributed by atoms with Crippen LogP contribution in [0.15, 0.2) is 59.5 Å². The number of hydrogen-bond donors (Lipinski definition) is 2. The molecule has 1 amide bonds. The molecule has 3 N–H and O–H groups in total. The number of amides is 1.